The first-order chi connectivity index (χ1) is 9.59. The van der Waals surface area contributed by atoms with Crippen LogP contribution in [0.4, 0.5) is 4.39 Å². The molecule has 124 valence electrons. The maximum Gasteiger partial charge on any atom is 0.116 e. The van der Waals surface area contributed by atoms with Crippen molar-refractivity contribution in [3.05, 3.63) is 0 Å². The van der Waals surface area contributed by atoms with E-state index in [0.717, 1.165) is 19.5 Å². The van der Waals surface area contributed by atoms with Crippen LogP contribution in [0.15, 0.2) is 0 Å². The fourth-order valence-electron chi connectivity index (χ4n) is 4.10. The zero-order valence-corrected chi connectivity index (χ0v) is 15.0. The molecule has 0 aromatic heterocycles. The van der Waals surface area contributed by atoms with Crippen molar-refractivity contribution in [1.82, 2.24) is 9.80 Å². The molecule has 0 aromatic carbocycles. The molecule has 2 rings (SSSR count). The number of likely N-dealkylation sites (tertiary alicyclic amines) is 2. The van der Waals surface area contributed by atoms with E-state index >= 15 is 0 Å². The normalized spacial score (nSPS) is 34.1. The highest BCUT2D eigenvalue weighted by Gasteiger charge is 2.40. The molecule has 2 saturated heterocycles. The molecule has 0 aromatic rings. The largest absolute Gasteiger partial charge is 0.297 e. The van der Waals surface area contributed by atoms with Gasteiger partial charge in [0.2, 0.25) is 0 Å². The van der Waals surface area contributed by atoms with Gasteiger partial charge in [-0.2, -0.15) is 0 Å². The molecule has 0 aliphatic carbocycles. The maximum atomic E-state index is 14.6. The first-order valence-electron chi connectivity index (χ1n) is 8.72. The number of rotatable bonds is 1. The van der Waals surface area contributed by atoms with E-state index in [2.05, 4.69) is 51.3 Å². The molecule has 2 aliphatic heterocycles. The van der Waals surface area contributed by atoms with Gasteiger partial charge >= 0.3 is 0 Å². The lowest BCUT2D eigenvalue weighted by Crippen LogP contribution is -2.57. The van der Waals surface area contributed by atoms with Gasteiger partial charge in [0.25, 0.3) is 0 Å². The second-order valence-corrected chi connectivity index (χ2v) is 9.19. The summed E-state index contributed by atoms with van der Waals surface area (Å²) in [6.07, 6.45) is 2.83. The summed E-state index contributed by atoms with van der Waals surface area (Å²) in [6, 6.07) is 0.553. The van der Waals surface area contributed by atoms with Crippen LogP contribution in [0.2, 0.25) is 0 Å². The van der Waals surface area contributed by atoms with Gasteiger partial charge in [-0.15, -0.1) is 0 Å². The second-order valence-electron chi connectivity index (χ2n) is 9.19. The quantitative estimate of drug-likeness (QED) is 0.723. The lowest BCUT2D eigenvalue weighted by molar-refractivity contribution is -0.0202. The van der Waals surface area contributed by atoms with E-state index in [-0.39, 0.29) is 16.9 Å². The maximum absolute atomic E-state index is 14.6. The van der Waals surface area contributed by atoms with Crippen LogP contribution in [0.1, 0.15) is 60.8 Å². The number of hydrogen-bond acceptors (Lipinski definition) is 2. The van der Waals surface area contributed by atoms with E-state index in [1.807, 2.05) is 0 Å². The summed E-state index contributed by atoms with van der Waals surface area (Å²) >= 11 is 0. The molecule has 21 heavy (non-hydrogen) atoms. The Morgan fingerprint density at radius 1 is 0.905 bits per heavy atom. The van der Waals surface area contributed by atoms with Gasteiger partial charge in [0.05, 0.1) is 0 Å². The average molecular weight is 298 g/mol. The van der Waals surface area contributed by atoms with E-state index in [1.165, 1.54) is 19.4 Å². The van der Waals surface area contributed by atoms with Crippen LogP contribution in [0.5, 0.6) is 0 Å². The standard InChI is InChI=1S/C18H35FN2/c1-17(2,3)15-9-11-20(13-16(15)19)14-8-7-10-21(12-14)18(4,5)6/h14-16H,7-13H2,1-6H3/t14?,15-,16+/m0/s1. The highest BCUT2D eigenvalue weighted by atomic mass is 19.1. The monoisotopic (exact) mass is 298 g/mol. The lowest BCUT2D eigenvalue weighted by atomic mass is 9.74. The zero-order valence-electron chi connectivity index (χ0n) is 15.0. The molecule has 2 fully saturated rings. The van der Waals surface area contributed by atoms with Gasteiger partial charge in [0.1, 0.15) is 6.17 Å². The molecule has 0 amide bonds. The highest BCUT2D eigenvalue weighted by Crippen LogP contribution is 2.37. The molecule has 2 nitrogen and oxygen atoms in total. The van der Waals surface area contributed by atoms with Gasteiger partial charge in [-0.05, 0) is 64.5 Å². The molecule has 3 heteroatoms. The fraction of sp³-hybridized carbons (Fsp3) is 1.00. The molecule has 1 unspecified atom stereocenters. The number of nitrogens with zero attached hydrogens (tertiary/aromatic N) is 2. The summed E-state index contributed by atoms with van der Waals surface area (Å²) in [7, 11) is 0. The van der Waals surface area contributed by atoms with Crippen LogP contribution in [0.3, 0.4) is 0 Å². The van der Waals surface area contributed by atoms with Crippen molar-refractivity contribution in [1.29, 1.82) is 0 Å². The van der Waals surface area contributed by atoms with Gasteiger partial charge in [-0.25, -0.2) is 4.39 Å². The third-order valence-electron chi connectivity index (χ3n) is 5.55. The number of piperidine rings is 2. The SMILES string of the molecule is CC(C)(C)[C@H]1CCN(C2CCCN(C(C)(C)C)C2)C[C@H]1F. The average Bonchev–Trinajstić information content (AvgIpc) is 2.36. The van der Waals surface area contributed by atoms with Crippen molar-refractivity contribution >= 4 is 0 Å². The second kappa shape index (κ2) is 6.16. The number of alkyl halides is 1. The Bertz CT molecular complexity index is 342. The van der Waals surface area contributed by atoms with Crippen molar-refractivity contribution in [2.75, 3.05) is 26.2 Å². The van der Waals surface area contributed by atoms with Crippen LogP contribution in [0, 0.1) is 11.3 Å². The first kappa shape index (κ1) is 17.2. The minimum Gasteiger partial charge on any atom is -0.297 e. The third kappa shape index (κ3) is 4.19. The Morgan fingerprint density at radius 2 is 1.57 bits per heavy atom. The van der Waals surface area contributed by atoms with Crippen molar-refractivity contribution in [3.63, 3.8) is 0 Å². The summed E-state index contributed by atoms with van der Waals surface area (Å²) < 4.78 is 14.6. The number of hydrogen-bond donors (Lipinski definition) is 0. The summed E-state index contributed by atoms with van der Waals surface area (Å²) in [5.74, 6) is 0.219. The van der Waals surface area contributed by atoms with Crippen molar-refractivity contribution in [2.24, 2.45) is 11.3 Å². The molecular formula is C18H35FN2. The molecule has 0 N–H and O–H groups in total. The summed E-state index contributed by atoms with van der Waals surface area (Å²) in [5.41, 5.74) is 0.326. The Hall–Kier alpha value is -0.150. The Kier molecular flexibility index (Phi) is 5.04. The van der Waals surface area contributed by atoms with Crippen LogP contribution in [-0.4, -0.2) is 53.7 Å². The minimum atomic E-state index is -0.663. The Labute approximate surface area is 131 Å². The molecule has 0 spiro atoms. The molecule has 2 aliphatic rings. The highest BCUT2D eigenvalue weighted by molar-refractivity contribution is 4.93. The van der Waals surface area contributed by atoms with Crippen LogP contribution in [0.25, 0.3) is 0 Å². The van der Waals surface area contributed by atoms with E-state index in [1.54, 1.807) is 0 Å². The molecule has 0 saturated carbocycles. The van der Waals surface area contributed by atoms with Gasteiger partial charge in [-0.1, -0.05) is 20.8 Å². The Balaban J connectivity index is 1.95. The molecular weight excluding hydrogens is 263 g/mol. The topological polar surface area (TPSA) is 6.48 Å². The van der Waals surface area contributed by atoms with E-state index in [9.17, 15) is 4.39 Å². The third-order valence-corrected chi connectivity index (χ3v) is 5.55. The molecule has 2 heterocycles. The van der Waals surface area contributed by atoms with Gasteiger partial charge in [0, 0.05) is 24.7 Å². The molecule has 0 radical (unpaired) electrons. The lowest BCUT2D eigenvalue weighted by Gasteiger charge is -2.48. The van der Waals surface area contributed by atoms with Crippen molar-refractivity contribution in [2.45, 2.75) is 78.6 Å². The predicted octanol–water partition coefficient (Wildman–Crippen LogP) is 3.96. The van der Waals surface area contributed by atoms with Gasteiger partial charge < -0.3 is 0 Å². The molecule has 3 atom stereocenters. The first-order valence-corrected chi connectivity index (χ1v) is 8.72. The van der Waals surface area contributed by atoms with Crippen LogP contribution in [-0.2, 0) is 0 Å². The van der Waals surface area contributed by atoms with E-state index in [4.69, 9.17) is 0 Å². The Morgan fingerprint density at radius 3 is 2.10 bits per heavy atom. The number of halogens is 1. The minimum absolute atomic E-state index is 0.0928. The van der Waals surface area contributed by atoms with Gasteiger partial charge in [-0.3, -0.25) is 9.80 Å². The zero-order chi connectivity index (χ0) is 15.8. The summed E-state index contributed by atoms with van der Waals surface area (Å²) in [5, 5.41) is 0. The van der Waals surface area contributed by atoms with Crippen LogP contribution < -0.4 is 0 Å². The van der Waals surface area contributed by atoms with E-state index < -0.39 is 6.17 Å². The van der Waals surface area contributed by atoms with E-state index in [0.29, 0.717) is 12.6 Å². The van der Waals surface area contributed by atoms with Crippen LogP contribution >= 0.6 is 0 Å². The fourth-order valence-corrected chi connectivity index (χ4v) is 4.10. The molecule has 0 bridgehead atoms. The van der Waals surface area contributed by atoms with Gasteiger partial charge in [0.15, 0.2) is 0 Å². The van der Waals surface area contributed by atoms with Crippen molar-refractivity contribution < 1.29 is 4.39 Å². The smallest absolute Gasteiger partial charge is 0.116 e. The summed E-state index contributed by atoms with van der Waals surface area (Å²) in [6.45, 7) is 17.4. The predicted molar refractivity (Wildman–Crippen MR) is 88.4 cm³/mol. The summed E-state index contributed by atoms with van der Waals surface area (Å²) in [4.78, 5) is 5.01. The van der Waals surface area contributed by atoms with Crippen molar-refractivity contribution in [3.8, 4) is 0 Å².